The van der Waals surface area contributed by atoms with Crippen molar-refractivity contribution in [2.75, 3.05) is 27.4 Å². The van der Waals surface area contributed by atoms with E-state index in [9.17, 15) is 8.42 Å². The van der Waals surface area contributed by atoms with E-state index in [1.54, 1.807) is 13.8 Å². The SMILES string of the molecule is CC(O)COC(C)CO.COS(=O)(=O)OC. The molecule has 0 aliphatic heterocycles. The number of aliphatic hydroxyl groups excluding tert-OH is 2. The fraction of sp³-hybridized carbons (Fsp3) is 1.00. The summed E-state index contributed by atoms with van der Waals surface area (Å²) in [6, 6.07) is 0. The maximum Gasteiger partial charge on any atom is 0.399 e. The standard InChI is InChI=1S/C6H14O3.C2H6O4S/c1-5(8)4-9-6(2)3-7;1-5-7(3,4)6-2/h5-8H,3-4H2,1-2H3;1-2H3. The van der Waals surface area contributed by atoms with E-state index in [-0.39, 0.29) is 12.7 Å². The molecule has 0 spiro atoms. The summed E-state index contributed by atoms with van der Waals surface area (Å²) < 4.78 is 32.5. The van der Waals surface area contributed by atoms with Gasteiger partial charge in [-0.3, -0.25) is 8.37 Å². The van der Waals surface area contributed by atoms with Gasteiger partial charge < -0.3 is 14.9 Å². The molecule has 0 aromatic carbocycles. The van der Waals surface area contributed by atoms with Crippen LogP contribution < -0.4 is 0 Å². The minimum atomic E-state index is -3.66. The Morgan fingerprint density at radius 2 is 1.62 bits per heavy atom. The molecule has 0 aliphatic rings. The normalized spacial score (nSPS) is 14.9. The van der Waals surface area contributed by atoms with Crippen LogP contribution >= 0.6 is 0 Å². The lowest BCUT2D eigenvalue weighted by Gasteiger charge is -2.10. The van der Waals surface area contributed by atoms with Gasteiger partial charge in [-0.15, -0.1) is 0 Å². The van der Waals surface area contributed by atoms with Gasteiger partial charge in [0.05, 0.1) is 39.6 Å². The summed E-state index contributed by atoms with van der Waals surface area (Å²) in [7, 11) is -1.60. The molecule has 0 radical (unpaired) electrons. The first-order chi connectivity index (χ1) is 7.29. The van der Waals surface area contributed by atoms with E-state index in [1.807, 2.05) is 0 Å². The summed E-state index contributed by atoms with van der Waals surface area (Å²) >= 11 is 0. The molecule has 0 amide bonds. The van der Waals surface area contributed by atoms with Crippen molar-refractivity contribution in [3.8, 4) is 0 Å². The highest BCUT2D eigenvalue weighted by atomic mass is 32.3. The molecule has 0 bridgehead atoms. The molecule has 0 saturated carbocycles. The largest absolute Gasteiger partial charge is 0.399 e. The molecular weight excluding hydrogens is 240 g/mol. The highest BCUT2D eigenvalue weighted by Gasteiger charge is 2.01. The van der Waals surface area contributed by atoms with Crippen molar-refractivity contribution in [1.29, 1.82) is 0 Å². The Hall–Kier alpha value is -0.250. The molecule has 0 fully saturated rings. The van der Waals surface area contributed by atoms with Crippen LogP contribution in [-0.2, 0) is 23.5 Å². The van der Waals surface area contributed by atoms with Crippen molar-refractivity contribution >= 4 is 10.4 Å². The molecule has 2 unspecified atom stereocenters. The van der Waals surface area contributed by atoms with Gasteiger partial charge in [0.2, 0.25) is 0 Å². The number of aliphatic hydroxyl groups is 2. The van der Waals surface area contributed by atoms with Crippen LogP contribution in [-0.4, -0.2) is 58.3 Å². The zero-order valence-electron chi connectivity index (χ0n) is 9.91. The summed E-state index contributed by atoms with van der Waals surface area (Å²) in [6.45, 7) is 3.70. The van der Waals surface area contributed by atoms with Crippen molar-refractivity contribution in [2.45, 2.75) is 26.1 Å². The molecule has 7 nitrogen and oxygen atoms in total. The lowest BCUT2D eigenvalue weighted by atomic mass is 10.4. The highest BCUT2D eigenvalue weighted by Crippen LogP contribution is 1.90. The molecule has 0 aromatic heterocycles. The fourth-order valence-electron chi connectivity index (χ4n) is 0.424. The first-order valence-corrected chi connectivity index (χ1v) is 5.89. The monoisotopic (exact) mass is 260 g/mol. The van der Waals surface area contributed by atoms with Crippen LogP contribution in [0.2, 0.25) is 0 Å². The van der Waals surface area contributed by atoms with Crippen LogP contribution in [0, 0.1) is 0 Å². The molecule has 8 heteroatoms. The minimum absolute atomic E-state index is 0.00667. The Balaban J connectivity index is 0. The van der Waals surface area contributed by atoms with Gasteiger partial charge in [-0.2, -0.15) is 8.42 Å². The van der Waals surface area contributed by atoms with Gasteiger partial charge in [0.1, 0.15) is 0 Å². The maximum absolute atomic E-state index is 9.92. The smallest absolute Gasteiger partial charge is 0.394 e. The van der Waals surface area contributed by atoms with Crippen molar-refractivity contribution in [1.82, 2.24) is 0 Å². The van der Waals surface area contributed by atoms with Crippen LogP contribution in [0.15, 0.2) is 0 Å². The molecule has 100 valence electrons. The summed E-state index contributed by atoms with van der Waals surface area (Å²) in [5.41, 5.74) is 0. The van der Waals surface area contributed by atoms with E-state index in [2.05, 4.69) is 8.37 Å². The Kier molecular flexibility index (Phi) is 11.3. The number of hydrogen-bond acceptors (Lipinski definition) is 7. The molecule has 16 heavy (non-hydrogen) atoms. The van der Waals surface area contributed by atoms with E-state index < -0.39 is 16.5 Å². The number of hydrogen-bond donors (Lipinski definition) is 2. The second kappa shape index (κ2) is 9.94. The van der Waals surface area contributed by atoms with Gasteiger partial charge in [0, 0.05) is 0 Å². The van der Waals surface area contributed by atoms with Gasteiger partial charge in [0.15, 0.2) is 0 Å². The summed E-state index contributed by atoms with van der Waals surface area (Å²) in [5.74, 6) is 0. The third kappa shape index (κ3) is 13.8. The second-order valence-electron chi connectivity index (χ2n) is 2.92. The minimum Gasteiger partial charge on any atom is -0.394 e. The summed E-state index contributed by atoms with van der Waals surface area (Å²) in [6.07, 6.45) is -0.612. The third-order valence-corrected chi connectivity index (χ3v) is 2.10. The lowest BCUT2D eigenvalue weighted by Crippen LogP contribution is -2.19. The molecule has 2 atom stereocenters. The van der Waals surface area contributed by atoms with Crippen molar-refractivity contribution in [2.24, 2.45) is 0 Å². The number of ether oxygens (including phenoxy) is 1. The van der Waals surface area contributed by atoms with Crippen LogP contribution in [0.1, 0.15) is 13.8 Å². The van der Waals surface area contributed by atoms with Gasteiger partial charge >= 0.3 is 10.4 Å². The van der Waals surface area contributed by atoms with Crippen LogP contribution in [0.3, 0.4) is 0 Å². The molecule has 0 heterocycles. The molecular formula is C8H20O7S. The summed E-state index contributed by atoms with van der Waals surface area (Å²) in [4.78, 5) is 0. The van der Waals surface area contributed by atoms with E-state index in [1.165, 1.54) is 0 Å². The molecule has 2 N–H and O–H groups in total. The molecule has 0 aromatic rings. The van der Waals surface area contributed by atoms with Gasteiger partial charge in [-0.1, -0.05) is 0 Å². The average Bonchev–Trinajstić information content (AvgIpc) is 2.26. The van der Waals surface area contributed by atoms with E-state index in [0.29, 0.717) is 6.61 Å². The topological polar surface area (TPSA) is 102 Å². The molecule has 0 saturated heterocycles. The fourth-order valence-corrected chi connectivity index (χ4v) is 0.560. The zero-order valence-corrected chi connectivity index (χ0v) is 10.7. The Morgan fingerprint density at radius 3 is 1.81 bits per heavy atom. The van der Waals surface area contributed by atoms with E-state index in [0.717, 1.165) is 14.2 Å². The second-order valence-corrected chi connectivity index (χ2v) is 4.40. The Labute approximate surface area is 96.3 Å². The van der Waals surface area contributed by atoms with Crippen molar-refractivity contribution in [3.63, 3.8) is 0 Å². The van der Waals surface area contributed by atoms with Crippen LogP contribution in [0.25, 0.3) is 0 Å². The predicted octanol–water partition coefficient (Wildman–Crippen LogP) is -0.711. The first kappa shape index (κ1) is 18.1. The van der Waals surface area contributed by atoms with Gasteiger partial charge in [-0.05, 0) is 13.8 Å². The summed E-state index contributed by atoms with van der Waals surface area (Å²) in [5, 5.41) is 17.1. The van der Waals surface area contributed by atoms with Gasteiger partial charge in [0.25, 0.3) is 0 Å². The average molecular weight is 260 g/mol. The zero-order chi connectivity index (χ0) is 13.2. The van der Waals surface area contributed by atoms with Crippen LogP contribution in [0.5, 0.6) is 0 Å². The Bertz CT molecular complexity index is 227. The number of rotatable bonds is 6. The first-order valence-electron chi connectivity index (χ1n) is 4.55. The third-order valence-electron chi connectivity index (χ3n) is 1.29. The Morgan fingerprint density at radius 1 is 1.19 bits per heavy atom. The predicted molar refractivity (Wildman–Crippen MR) is 57.1 cm³/mol. The van der Waals surface area contributed by atoms with E-state index >= 15 is 0 Å². The quantitative estimate of drug-likeness (QED) is 0.650. The van der Waals surface area contributed by atoms with Crippen molar-refractivity contribution in [3.05, 3.63) is 0 Å². The van der Waals surface area contributed by atoms with Crippen molar-refractivity contribution < 1.29 is 31.7 Å². The molecule has 0 rings (SSSR count). The van der Waals surface area contributed by atoms with E-state index in [4.69, 9.17) is 14.9 Å². The maximum atomic E-state index is 9.92. The molecule has 0 aliphatic carbocycles. The van der Waals surface area contributed by atoms with Gasteiger partial charge in [-0.25, -0.2) is 0 Å². The lowest BCUT2D eigenvalue weighted by molar-refractivity contribution is -0.0177. The highest BCUT2D eigenvalue weighted by molar-refractivity contribution is 7.81. The van der Waals surface area contributed by atoms with Crippen LogP contribution in [0.4, 0.5) is 0 Å².